The number of pyridine rings is 1. The first-order valence-corrected chi connectivity index (χ1v) is 11.6. The molecule has 0 bridgehead atoms. The summed E-state index contributed by atoms with van der Waals surface area (Å²) in [5.74, 6) is 0.854. The second-order valence-electron chi connectivity index (χ2n) is 8.67. The third-order valence-corrected chi connectivity index (χ3v) is 5.96. The number of amides is 1. The Bertz CT molecular complexity index is 1140. The van der Waals surface area contributed by atoms with Crippen molar-refractivity contribution in [2.75, 3.05) is 6.61 Å². The summed E-state index contributed by atoms with van der Waals surface area (Å²) < 4.78 is 44.9. The van der Waals surface area contributed by atoms with Gasteiger partial charge in [-0.25, -0.2) is 0 Å². The average Bonchev–Trinajstić information content (AvgIpc) is 2.88. The van der Waals surface area contributed by atoms with E-state index in [0.29, 0.717) is 18.2 Å². The number of ether oxygens (including phenoxy) is 1. The van der Waals surface area contributed by atoms with E-state index in [-0.39, 0.29) is 24.6 Å². The molecule has 2 aromatic carbocycles. The summed E-state index contributed by atoms with van der Waals surface area (Å²) in [7, 11) is 0. The van der Waals surface area contributed by atoms with Gasteiger partial charge in [-0.1, -0.05) is 30.4 Å². The highest BCUT2D eigenvalue weighted by molar-refractivity contribution is 5.94. The van der Waals surface area contributed by atoms with Crippen LogP contribution < -0.4 is 4.74 Å². The minimum Gasteiger partial charge on any atom is -0.493 e. The summed E-state index contributed by atoms with van der Waals surface area (Å²) in [5, 5.41) is 0. The first-order valence-electron chi connectivity index (χ1n) is 11.6. The number of alkyl halides is 3. The van der Waals surface area contributed by atoms with Gasteiger partial charge in [0.15, 0.2) is 0 Å². The Hall–Kier alpha value is -3.61. The number of aromatic nitrogens is 1. The lowest BCUT2D eigenvalue weighted by atomic mass is 9.95. The fourth-order valence-electron chi connectivity index (χ4n) is 4.05. The maximum absolute atomic E-state index is 13.3. The van der Waals surface area contributed by atoms with Gasteiger partial charge in [0.25, 0.3) is 5.91 Å². The molecule has 7 heteroatoms. The van der Waals surface area contributed by atoms with Crippen LogP contribution in [0.15, 0.2) is 85.1 Å². The van der Waals surface area contributed by atoms with Gasteiger partial charge in [0.1, 0.15) is 5.75 Å². The molecule has 0 saturated heterocycles. The number of benzene rings is 2. The third kappa shape index (κ3) is 6.94. The average molecular weight is 481 g/mol. The fraction of sp³-hybridized carbons (Fsp3) is 0.286. The molecule has 4 rings (SSSR count). The van der Waals surface area contributed by atoms with Gasteiger partial charge in [0.2, 0.25) is 0 Å². The largest absolute Gasteiger partial charge is 0.493 e. The van der Waals surface area contributed by atoms with Crippen molar-refractivity contribution in [2.24, 2.45) is 5.92 Å². The molecule has 1 amide bonds. The fourth-order valence-corrected chi connectivity index (χ4v) is 4.05. The normalized spacial score (nSPS) is 15.6. The molecule has 1 aliphatic rings. The zero-order valence-corrected chi connectivity index (χ0v) is 19.2. The van der Waals surface area contributed by atoms with E-state index in [4.69, 9.17) is 4.74 Å². The predicted octanol–water partition coefficient (Wildman–Crippen LogP) is 6.68. The number of nitrogens with zero attached hydrogens (tertiary/aromatic N) is 2. The summed E-state index contributed by atoms with van der Waals surface area (Å²) in [4.78, 5) is 19.2. The minimum atomic E-state index is -4.45. The van der Waals surface area contributed by atoms with Crippen molar-refractivity contribution < 1.29 is 22.7 Å². The minimum absolute atomic E-state index is 0.187. The number of hydrogen-bond donors (Lipinski definition) is 0. The smallest absolute Gasteiger partial charge is 0.416 e. The van der Waals surface area contributed by atoms with Crippen LogP contribution in [0.4, 0.5) is 13.2 Å². The van der Waals surface area contributed by atoms with Crippen molar-refractivity contribution in [3.63, 3.8) is 0 Å². The molecule has 0 unspecified atom stereocenters. The van der Waals surface area contributed by atoms with Crippen LogP contribution in [0.25, 0.3) is 0 Å². The molecule has 1 heterocycles. The zero-order chi connectivity index (χ0) is 24.7. The molecular formula is C28H27F3N2O2. The number of hydrogen-bond acceptors (Lipinski definition) is 3. The van der Waals surface area contributed by atoms with E-state index in [1.165, 1.54) is 12.1 Å². The maximum atomic E-state index is 13.3. The number of allylic oxidation sites excluding steroid dienone is 2. The van der Waals surface area contributed by atoms with Crippen LogP contribution >= 0.6 is 0 Å². The van der Waals surface area contributed by atoms with E-state index < -0.39 is 11.7 Å². The van der Waals surface area contributed by atoms with Gasteiger partial charge in [-0.2, -0.15) is 13.2 Å². The molecule has 35 heavy (non-hydrogen) atoms. The van der Waals surface area contributed by atoms with Gasteiger partial charge in [-0.3, -0.25) is 9.78 Å². The molecule has 0 N–H and O–H groups in total. The molecule has 0 saturated carbocycles. The molecule has 0 radical (unpaired) electrons. The molecule has 3 aromatic rings. The van der Waals surface area contributed by atoms with Crippen LogP contribution in [0.2, 0.25) is 0 Å². The van der Waals surface area contributed by atoms with E-state index in [9.17, 15) is 18.0 Å². The highest BCUT2D eigenvalue weighted by Gasteiger charge is 2.30. The molecule has 0 aliphatic heterocycles. The van der Waals surface area contributed by atoms with Gasteiger partial charge >= 0.3 is 6.18 Å². The number of carbonyl (C=O) groups excluding carboxylic acids is 1. The van der Waals surface area contributed by atoms with Crippen LogP contribution in [0.5, 0.6) is 5.75 Å². The van der Waals surface area contributed by atoms with Gasteiger partial charge in [-0.05, 0) is 79.3 Å². The van der Waals surface area contributed by atoms with Crippen LogP contribution in [0.3, 0.4) is 0 Å². The van der Waals surface area contributed by atoms with Crippen molar-refractivity contribution in [1.82, 2.24) is 9.88 Å². The third-order valence-electron chi connectivity index (χ3n) is 5.96. The molecule has 0 spiro atoms. The molecule has 1 atom stereocenters. The monoisotopic (exact) mass is 480 g/mol. The molecule has 0 fully saturated rings. The van der Waals surface area contributed by atoms with E-state index >= 15 is 0 Å². The second kappa shape index (κ2) is 11.2. The van der Waals surface area contributed by atoms with Gasteiger partial charge in [0, 0.05) is 18.3 Å². The lowest BCUT2D eigenvalue weighted by Crippen LogP contribution is -2.30. The predicted molar refractivity (Wildman–Crippen MR) is 128 cm³/mol. The van der Waals surface area contributed by atoms with Crippen molar-refractivity contribution in [1.29, 1.82) is 0 Å². The van der Waals surface area contributed by atoms with Crippen molar-refractivity contribution in [2.45, 2.75) is 38.5 Å². The Morgan fingerprint density at radius 3 is 2.51 bits per heavy atom. The molecular weight excluding hydrogens is 453 g/mol. The number of carbonyl (C=O) groups is 1. The topological polar surface area (TPSA) is 42.4 Å². The summed E-state index contributed by atoms with van der Waals surface area (Å²) in [6.45, 7) is 1.12. The summed E-state index contributed by atoms with van der Waals surface area (Å²) in [5.41, 5.74) is 0.947. The van der Waals surface area contributed by atoms with E-state index in [2.05, 4.69) is 17.1 Å². The Kier molecular flexibility index (Phi) is 7.85. The molecule has 1 aliphatic carbocycles. The summed E-state index contributed by atoms with van der Waals surface area (Å²) >= 11 is 0. The molecule has 4 nitrogen and oxygen atoms in total. The maximum Gasteiger partial charge on any atom is 0.416 e. The lowest BCUT2D eigenvalue weighted by molar-refractivity contribution is -0.137. The van der Waals surface area contributed by atoms with Crippen molar-refractivity contribution in [3.05, 3.63) is 107 Å². The SMILES string of the molecule is O=C(c1ccc(C(F)(F)F)cc1)N(Cc1cccc(OC[C@@H]2CC=CCC2)c1)Cc1ccccn1. The van der Waals surface area contributed by atoms with Gasteiger partial charge in [0.05, 0.1) is 24.4 Å². The van der Waals surface area contributed by atoms with E-state index in [1.54, 1.807) is 17.2 Å². The van der Waals surface area contributed by atoms with Gasteiger partial charge in [-0.15, -0.1) is 0 Å². The van der Waals surface area contributed by atoms with Crippen LogP contribution in [-0.2, 0) is 19.3 Å². The number of halogens is 3. The summed E-state index contributed by atoms with van der Waals surface area (Å²) in [6, 6.07) is 17.3. The first kappa shape index (κ1) is 24.5. The van der Waals surface area contributed by atoms with Crippen LogP contribution in [-0.4, -0.2) is 22.4 Å². The van der Waals surface area contributed by atoms with Gasteiger partial charge < -0.3 is 9.64 Å². The molecule has 1 aromatic heterocycles. The standard InChI is InChI=1S/C28H27F3N2O2/c29-28(30,31)24-14-12-23(13-15-24)27(34)33(19-25-10-4-5-16-32-25)18-22-9-6-11-26(17-22)35-20-21-7-2-1-3-8-21/h1-2,4-6,9-17,21H,3,7-8,18-20H2/t21-/m1/s1. The Balaban J connectivity index is 1.50. The van der Waals surface area contributed by atoms with Crippen molar-refractivity contribution >= 4 is 5.91 Å². The van der Waals surface area contributed by atoms with E-state index in [1.807, 2.05) is 36.4 Å². The Morgan fingerprint density at radius 1 is 1.00 bits per heavy atom. The van der Waals surface area contributed by atoms with E-state index in [0.717, 1.165) is 42.7 Å². The zero-order valence-electron chi connectivity index (χ0n) is 19.2. The van der Waals surface area contributed by atoms with Crippen LogP contribution in [0.1, 0.15) is 46.4 Å². The Morgan fingerprint density at radius 2 is 1.83 bits per heavy atom. The molecule has 182 valence electrons. The Labute approximate surface area is 203 Å². The number of rotatable bonds is 8. The highest BCUT2D eigenvalue weighted by Crippen LogP contribution is 2.29. The lowest BCUT2D eigenvalue weighted by Gasteiger charge is -2.23. The van der Waals surface area contributed by atoms with Crippen LogP contribution in [0, 0.1) is 5.92 Å². The first-order chi connectivity index (χ1) is 16.9. The summed E-state index contributed by atoms with van der Waals surface area (Å²) in [6.07, 6.45) is 4.77. The van der Waals surface area contributed by atoms with Crippen molar-refractivity contribution in [3.8, 4) is 5.75 Å². The highest BCUT2D eigenvalue weighted by atomic mass is 19.4. The quantitative estimate of drug-likeness (QED) is 0.338. The second-order valence-corrected chi connectivity index (χ2v) is 8.67.